The number of likely N-dealkylation sites (tertiary alicyclic amines) is 1. The molecule has 2 saturated heterocycles. The van der Waals surface area contributed by atoms with E-state index in [2.05, 4.69) is 41.3 Å². The molecule has 4 nitrogen and oxygen atoms in total. The van der Waals surface area contributed by atoms with Gasteiger partial charge in [0.25, 0.3) is 0 Å². The van der Waals surface area contributed by atoms with Crippen molar-refractivity contribution in [2.75, 3.05) is 38.5 Å². The first-order valence-corrected chi connectivity index (χ1v) is 12.0. The van der Waals surface area contributed by atoms with Gasteiger partial charge in [-0.25, -0.2) is 0 Å². The Kier molecular flexibility index (Phi) is 6.64. The van der Waals surface area contributed by atoms with E-state index in [9.17, 15) is 4.79 Å². The number of benzene rings is 1. The topological polar surface area (TPSA) is 32.8 Å². The van der Waals surface area contributed by atoms with Crippen LogP contribution in [-0.4, -0.2) is 59.6 Å². The van der Waals surface area contributed by atoms with Crippen molar-refractivity contribution in [1.82, 2.24) is 9.21 Å². The standard InChI is InChI=1S/C23H34N2O2S/c1-3-17(2)22(26)16-24-15-20(14-21(24)7-10-25-9-4-12-28-25)18-5-6-23-19(13-18)8-11-27-23/h5-6,13,17,20-21H,3-4,7-12,14-16H2,1-2H3. The Hall–Kier alpha value is -1.04. The maximum Gasteiger partial charge on any atom is 0.149 e. The van der Waals surface area contributed by atoms with Crippen molar-refractivity contribution in [3.8, 4) is 5.75 Å². The van der Waals surface area contributed by atoms with E-state index in [1.54, 1.807) is 0 Å². The van der Waals surface area contributed by atoms with E-state index in [-0.39, 0.29) is 5.92 Å². The number of nitrogens with zero attached hydrogens (tertiary/aromatic N) is 2. The van der Waals surface area contributed by atoms with Crippen LogP contribution in [0.3, 0.4) is 0 Å². The van der Waals surface area contributed by atoms with Gasteiger partial charge in [-0.1, -0.05) is 37.9 Å². The van der Waals surface area contributed by atoms with Gasteiger partial charge in [0.1, 0.15) is 11.5 Å². The highest BCUT2D eigenvalue weighted by Gasteiger charge is 2.35. The first-order chi connectivity index (χ1) is 13.6. The van der Waals surface area contributed by atoms with Crippen molar-refractivity contribution in [3.63, 3.8) is 0 Å². The molecule has 3 aliphatic rings. The van der Waals surface area contributed by atoms with Crippen molar-refractivity contribution in [1.29, 1.82) is 0 Å². The number of rotatable bonds is 8. The van der Waals surface area contributed by atoms with Crippen molar-refractivity contribution in [2.45, 2.75) is 57.9 Å². The number of hydrogen-bond acceptors (Lipinski definition) is 5. The van der Waals surface area contributed by atoms with Gasteiger partial charge in [-0.05, 0) is 48.8 Å². The summed E-state index contributed by atoms with van der Waals surface area (Å²) in [7, 11) is 0. The third kappa shape index (κ3) is 4.58. The van der Waals surface area contributed by atoms with Crippen molar-refractivity contribution < 1.29 is 9.53 Å². The summed E-state index contributed by atoms with van der Waals surface area (Å²) >= 11 is 1.99. The van der Waals surface area contributed by atoms with Crippen LogP contribution in [0.5, 0.6) is 5.75 Å². The molecule has 0 N–H and O–H groups in total. The molecule has 1 aromatic rings. The van der Waals surface area contributed by atoms with E-state index in [0.717, 1.165) is 38.3 Å². The normalized spacial score (nSPS) is 26.4. The first kappa shape index (κ1) is 20.2. The van der Waals surface area contributed by atoms with Crippen LogP contribution >= 0.6 is 11.9 Å². The summed E-state index contributed by atoms with van der Waals surface area (Å²) < 4.78 is 8.20. The zero-order chi connectivity index (χ0) is 19.5. The van der Waals surface area contributed by atoms with Gasteiger partial charge >= 0.3 is 0 Å². The van der Waals surface area contributed by atoms with Crippen molar-refractivity contribution in [2.24, 2.45) is 5.92 Å². The Morgan fingerprint density at radius 1 is 1.39 bits per heavy atom. The number of hydrogen-bond donors (Lipinski definition) is 0. The van der Waals surface area contributed by atoms with Crippen LogP contribution in [0.2, 0.25) is 0 Å². The lowest BCUT2D eigenvalue weighted by Gasteiger charge is -2.26. The smallest absolute Gasteiger partial charge is 0.149 e. The average molecular weight is 403 g/mol. The van der Waals surface area contributed by atoms with E-state index >= 15 is 0 Å². The molecule has 4 rings (SSSR count). The molecular weight excluding hydrogens is 368 g/mol. The van der Waals surface area contributed by atoms with Gasteiger partial charge in [0.05, 0.1) is 13.2 Å². The lowest BCUT2D eigenvalue weighted by molar-refractivity contribution is -0.123. The summed E-state index contributed by atoms with van der Waals surface area (Å²) in [5, 5.41) is 0. The fraction of sp³-hybridized carbons (Fsp3) is 0.696. The van der Waals surface area contributed by atoms with E-state index in [0.29, 0.717) is 24.3 Å². The number of Topliss-reactive ketones (excluding diaryl/α,β-unsaturated/α-hetero) is 1. The highest BCUT2D eigenvalue weighted by Crippen LogP contribution is 2.37. The number of carbonyl (C=O) groups is 1. The molecular formula is C23H34N2O2S. The average Bonchev–Trinajstić information content (AvgIpc) is 3.45. The van der Waals surface area contributed by atoms with Crippen LogP contribution in [0.4, 0.5) is 0 Å². The van der Waals surface area contributed by atoms with Crippen LogP contribution in [0.15, 0.2) is 18.2 Å². The van der Waals surface area contributed by atoms with Crippen LogP contribution in [-0.2, 0) is 11.2 Å². The molecule has 0 bridgehead atoms. The summed E-state index contributed by atoms with van der Waals surface area (Å²) in [6.45, 7) is 9.01. The Morgan fingerprint density at radius 2 is 2.29 bits per heavy atom. The van der Waals surface area contributed by atoms with E-state index in [1.165, 1.54) is 42.7 Å². The number of ether oxygens (including phenoxy) is 1. The first-order valence-electron chi connectivity index (χ1n) is 11.0. The SMILES string of the molecule is CCC(C)C(=O)CN1CC(c2ccc3c(c2)CCO3)CC1CCN1CCCS1. The maximum atomic E-state index is 12.7. The van der Waals surface area contributed by atoms with Gasteiger partial charge in [-0.15, -0.1) is 0 Å². The second-order valence-electron chi connectivity index (χ2n) is 8.66. The third-order valence-electron chi connectivity index (χ3n) is 6.77. The van der Waals surface area contributed by atoms with E-state index in [1.807, 2.05) is 11.9 Å². The fourth-order valence-electron chi connectivity index (χ4n) is 4.73. The van der Waals surface area contributed by atoms with E-state index in [4.69, 9.17) is 4.74 Å². The number of carbonyl (C=O) groups excluding carboxylic acids is 1. The van der Waals surface area contributed by atoms with Gasteiger partial charge in [0, 0.05) is 43.8 Å². The number of ketones is 1. The molecule has 154 valence electrons. The van der Waals surface area contributed by atoms with Gasteiger partial charge in [0.15, 0.2) is 0 Å². The lowest BCUT2D eigenvalue weighted by atomic mass is 9.93. The fourth-order valence-corrected chi connectivity index (χ4v) is 5.74. The Labute approximate surface area is 174 Å². The molecule has 3 aliphatic heterocycles. The maximum absolute atomic E-state index is 12.7. The Balaban J connectivity index is 1.44. The summed E-state index contributed by atoms with van der Waals surface area (Å²) in [6.07, 6.45) is 5.63. The van der Waals surface area contributed by atoms with Gasteiger partial charge in [-0.2, -0.15) is 0 Å². The summed E-state index contributed by atoms with van der Waals surface area (Å²) in [4.78, 5) is 15.1. The molecule has 3 heterocycles. The molecule has 3 atom stereocenters. The predicted octanol–water partition coefficient (Wildman–Crippen LogP) is 4.14. The molecule has 28 heavy (non-hydrogen) atoms. The second kappa shape index (κ2) is 9.19. The van der Waals surface area contributed by atoms with Gasteiger partial charge < -0.3 is 4.74 Å². The third-order valence-corrected chi connectivity index (χ3v) is 7.97. The largest absolute Gasteiger partial charge is 0.493 e. The summed E-state index contributed by atoms with van der Waals surface area (Å²) in [5.41, 5.74) is 2.79. The van der Waals surface area contributed by atoms with Gasteiger partial charge in [0.2, 0.25) is 0 Å². The number of fused-ring (bicyclic) bond motifs is 1. The minimum Gasteiger partial charge on any atom is -0.493 e. The molecule has 0 saturated carbocycles. The van der Waals surface area contributed by atoms with Crippen LogP contribution in [0, 0.1) is 5.92 Å². The van der Waals surface area contributed by atoms with Crippen molar-refractivity contribution in [3.05, 3.63) is 29.3 Å². The van der Waals surface area contributed by atoms with E-state index < -0.39 is 0 Å². The quantitative estimate of drug-likeness (QED) is 0.610. The Morgan fingerprint density at radius 3 is 3.07 bits per heavy atom. The minimum atomic E-state index is 0.172. The highest BCUT2D eigenvalue weighted by atomic mass is 32.2. The van der Waals surface area contributed by atoms with Crippen LogP contribution in [0.1, 0.15) is 56.6 Å². The summed E-state index contributed by atoms with van der Waals surface area (Å²) in [5.74, 6) is 3.44. The molecule has 0 aliphatic carbocycles. The van der Waals surface area contributed by atoms with Gasteiger partial charge in [-0.3, -0.25) is 14.0 Å². The molecule has 0 amide bonds. The van der Waals surface area contributed by atoms with Crippen LogP contribution in [0.25, 0.3) is 0 Å². The zero-order valence-corrected chi connectivity index (χ0v) is 18.2. The predicted molar refractivity (Wildman–Crippen MR) is 116 cm³/mol. The molecule has 0 spiro atoms. The molecule has 5 heteroatoms. The Bertz CT molecular complexity index is 689. The molecule has 3 unspecified atom stereocenters. The molecule has 2 fully saturated rings. The summed E-state index contributed by atoms with van der Waals surface area (Å²) in [6, 6.07) is 7.28. The monoisotopic (exact) mass is 402 g/mol. The van der Waals surface area contributed by atoms with Crippen LogP contribution < -0.4 is 4.74 Å². The zero-order valence-electron chi connectivity index (χ0n) is 17.4. The molecule has 0 aromatic heterocycles. The lowest BCUT2D eigenvalue weighted by Crippen LogP contribution is -2.37. The minimum absolute atomic E-state index is 0.172. The van der Waals surface area contributed by atoms with Crippen molar-refractivity contribution >= 4 is 17.7 Å². The molecule has 0 radical (unpaired) electrons. The highest BCUT2D eigenvalue weighted by molar-refractivity contribution is 7.97. The molecule has 1 aromatic carbocycles. The second-order valence-corrected chi connectivity index (χ2v) is 9.84.